The van der Waals surface area contributed by atoms with Gasteiger partial charge in [0.1, 0.15) is 0 Å². The van der Waals surface area contributed by atoms with Gasteiger partial charge in [-0.3, -0.25) is 14.5 Å². The summed E-state index contributed by atoms with van der Waals surface area (Å²) >= 11 is 0. The van der Waals surface area contributed by atoms with Gasteiger partial charge in [0, 0.05) is 23.7 Å². The van der Waals surface area contributed by atoms with E-state index in [1.54, 1.807) is 4.90 Å². The van der Waals surface area contributed by atoms with Gasteiger partial charge in [-0.05, 0) is 45.0 Å². The van der Waals surface area contributed by atoms with E-state index in [9.17, 15) is 9.59 Å². The Morgan fingerprint density at radius 2 is 1.66 bits per heavy atom. The Kier molecular flexibility index (Phi) is 7.15. The van der Waals surface area contributed by atoms with Gasteiger partial charge in [-0.25, -0.2) is 0 Å². The lowest BCUT2D eigenvalue weighted by Gasteiger charge is -2.37. The first-order valence-electron chi connectivity index (χ1n) is 10.2. The molecule has 5 nitrogen and oxygen atoms in total. The smallest absolute Gasteiger partial charge is 0.244 e. The predicted octanol–water partition coefficient (Wildman–Crippen LogP) is 3.92. The summed E-state index contributed by atoms with van der Waals surface area (Å²) in [6.07, 6.45) is 1.81. The summed E-state index contributed by atoms with van der Waals surface area (Å²) in [6.45, 7) is 3.74. The summed E-state index contributed by atoms with van der Waals surface area (Å²) < 4.78 is 0. The molecular formula is C24H27N3O2. The number of piperidine rings is 1. The minimum absolute atomic E-state index is 0.000661. The summed E-state index contributed by atoms with van der Waals surface area (Å²) in [4.78, 5) is 29.7. The maximum atomic E-state index is 13.2. The Bertz CT molecular complexity index is 853. The van der Waals surface area contributed by atoms with Crippen molar-refractivity contribution in [2.24, 2.45) is 5.92 Å². The van der Waals surface area contributed by atoms with Crippen LogP contribution in [0, 0.1) is 17.2 Å². The number of carbonyl (C=O) groups excluding carboxylic acids is 2. The molecule has 0 N–H and O–H groups in total. The van der Waals surface area contributed by atoms with Crippen LogP contribution in [0.25, 0.3) is 0 Å². The number of Topliss-reactive ketones (excluding diaryl/α,β-unsaturated/α-hetero) is 1. The quantitative estimate of drug-likeness (QED) is 0.674. The van der Waals surface area contributed by atoms with Gasteiger partial charge in [0.05, 0.1) is 18.5 Å². The Hall–Kier alpha value is -2.97. The number of ketones is 1. The zero-order chi connectivity index (χ0) is 20.6. The molecule has 29 heavy (non-hydrogen) atoms. The van der Waals surface area contributed by atoms with E-state index in [1.807, 2.05) is 67.6 Å². The normalized spacial score (nSPS) is 16.0. The minimum atomic E-state index is -0.290. The average Bonchev–Trinajstić information content (AvgIpc) is 2.79. The van der Waals surface area contributed by atoms with E-state index >= 15 is 0 Å². The van der Waals surface area contributed by atoms with Crippen LogP contribution in [0.4, 0.5) is 5.69 Å². The van der Waals surface area contributed by atoms with Crippen LogP contribution in [0.3, 0.4) is 0 Å². The Labute approximate surface area is 172 Å². The molecule has 1 atom stereocenters. The summed E-state index contributed by atoms with van der Waals surface area (Å²) in [5, 5.41) is 8.98. The number of benzene rings is 2. The lowest BCUT2D eigenvalue weighted by molar-refractivity contribution is -0.123. The number of rotatable bonds is 7. The van der Waals surface area contributed by atoms with Crippen LogP contribution in [0.15, 0.2) is 60.7 Å². The van der Waals surface area contributed by atoms with Crippen LogP contribution < -0.4 is 4.90 Å². The molecule has 0 spiro atoms. The summed E-state index contributed by atoms with van der Waals surface area (Å²) in [7, 11) is 0. The van der Waals surface area contributed by atoms with Crippen LogP contribution >= 0.6 is 0 Å². The van der Waals surface area contributed by atoms with Crippen molar-refractivity contribution in [3.63, 3.8) is 0 Å². The predicted molar refractivity (Wildman–Crippen MR) is 114 cm³/mol. The zero-order valence-electron chi connectivity index (χ0n) is 16.8. The molecule has 1 amide bonds. The topological polar surface area (TPSA) is 64.4 Å². The number of anilines is 1. The van der Waals surface area contributed by atoms with Crippen molar-refractivity contribution in [1.82, 2.24) is 4.90 Å². The van der Waals surface area contributed by atoms with E-state index < -0.39 is 0 Å². The van der Waals surface area contributed by atoms with Crippen LogP contribution in [-0.4, -0.2) is 42.3 Å². The highest BCUT2D eigenvalue weighted by atomic mass is 16.2. The van der Waals surface area contributed by atoms with Gasteiger partial charge in [-0.2, -0.15) is 5.26 Å². The summed E-state index contributed by atoms with van der Waals surface area (Å²) in [6, 6.07) is 20.8. The highest BCUT2D eigenvalue weighted by Gasteiger charge is 2.32. The Morgan fingerprint density at radius 3 is 2.24 bits per heavy atom. The van der Waals surface area contributed by atoms with Crippen LogP contribution in [0.2, 0.25) is 0 Å². The van der Waals surface area contributed by atoms with Crippen molar-refractivity contribution in [2.45, 2.75) is 32.2 Å². The molecular weight excluding hydrogens is 362 g/mol. The van der Waals surface area contributed by atoms with E-state index in [4.69, 9.17) is 5.26 Å². The monoisotopic (exact) mass is 389 g/mol. The number of amides is 1. The van der Waals surface area contributed by atoms with E-state index in [-0.39, 0.29) is 23.7 Å². The van der Waals surface area contributed by atoms with Crippen molar-refractivity contribution < 1.29 is 9.59 Å². The molecule has 3 rings (SSSR count). The van der Waals surface area contributed by atoms with Crippen molar-refractivity contribution >= 4 is 17.4 Å². The fourth-order valence-electron chi connectivity index (χ4n) is 3.91. The van der Waals surface area contributed by atoms with Crippen molar-refractivity contribution in [3.05, 3.63) is 66.2 Å². The molecule has 0 aliphatic carbocycles. The largest absolute Gasteiger partial charge is 0.310 e. The van der Waals surface area contributed by atoms with Crippen molar-refractivity contribution in [1.29, 1.82) is 5.26 Å². The standard InChI is InChI=1S/C24H27N3O2/c1-19(24(29)27(16-8-15-25)22-11-6-3-7-12-22)26-17-13-21(14-18-26)23(28)20-9-4-2-5-10-20/h2-7,9-12,19,21H,8,13-14,16-18H2,1H3. The SMILES string of the molecule is CC(C(=O)N(CCC#N)c1ccccc1)N1CCC(C(=O)c2ccccc2)CC1. The zero-order valence-corrected chi connectivity index (χ0v) is 16.8. The molecule has 2 aromatic carbocycles. The molecule has 0 radical (unpaired) electrons. The van der Waals surface area contributed by atoms with Gasteiger partial charge in [-0.1, -0.05) is 48.5 Å². The second kappa shape index (κ2) is 9.99. The lowest BCUT2D eigenvalue weighted by atomic mass is 9.88. The van der Waals surface area contributed by atoms with E-state index in [0.717, 1.165) is 37.2 Å². The molecule has 0 saturated carbocycles. The first kappa shape index (κ1) is 20.8. The second-order valence-corrected chi connectivity index (χ2v) is 7.45. The molecule has 1 saturated heterocycles. The number of nitrogens with zero attached hydrogens (tertiary/aromatic N) is 3. The first-order chi connectivity index (χ1) is 14.1. The summed E-state index contributed by atoms with van der Waals surface area (Å²) in [5.41, 5.74) is 1.58. The van der Waals surface area contributed by atoms with E-state index in [0.29, 0.717) is 13.0 Å². The fraction of sp³-hybridized carbons (Fsp3) is 0.375. The molecule has 0 aromatic heterocycles. The van der Waals surface area contributed by atoms with E-state index in [1.165, 1.54) is 0 Å². The number of para-hydroxylation sites is 1. The van der Waals surface area contributed by atoms with Gasteiger partial charge in [-0.15, -0.1) is 0 Å². The molecule has 1 heterocycles. The van der Waals surface area contributed by atoms with E-state index in [2.05, 4.69) is 11.0 Å². The highest BCUT2D eigenvalue weighted by molar-refractivity contribution is 5.98. The average molecular weight is 389 g/mol. The van der Waals surface area contributed by atoms with Gasteiger partial charge in [0.25, 0.3) is 0 Å². The lowest BCUT2D eigenvalue weighted by Crippen LogP contribution is -2.50. The summed E-state index contributed by atoms with van der Waals surface area (Å²) in [5.74, 6) is 0.211. The van der Waals surface area contributed by atoms with Gasteiger partial charge >= 0.3 is 0 Å². The molecule has 0 bridgehead atoms. The van der Waals surface area contributed by atoms with Gasteiger partial charge in [0.2, 0.25) is 5.91 Å². The molecule has 1 unspecified atom stereocenters. The molecule has 1 fully saturated rings. The maximum Gasteiger partial charge on any atom is 0.244 e. The van der Waals surface area contributed by atoms with Gasteiger partial charge < -0.3 is 4.90 Å². The number of nitriles is 1. The first-order valence-corrected chi connectivity index (χ1v) is 10.2. The van der Waals surface area contributed by atoms with Crippen molar-refractivity contribution in [2.75, 3.05) is 24.5 Å². The van der Waals surface area contributed by atoms with Crippen LogP contribution in [-0.2, 0) is 4.79 Å². The molecule has 1 aliphatic heterocycles. The molecule has 1 aliphatic rings. The fourth-order valence-corrected chi connectivity index (χ4v) is 3.91. The van der Waals surface area contributed by atoms with Crippen molar-refractivity contribution in [3.8, 4) is 6.07 Å². The third-order valence-corrected chi connectivity index (χ3v) is 5.64. The number of hydrogen-bond donors (Lipinski definition) is 0. The number of likely N-dealkylation sites (tertiary alicyclic amines) is 1. The highest BCUT2D eigenvalue weighted by Crippen LogP contribution is 2.24. The van der Waals surface area contributed by atoms with Crippen LogP contribution in [0.1, 0.15) is 36.5 Å². The second-order valence-electron chi connectivity index (χ2n) is 7.45. The molecule has 150 valence electrons. The third kappa shape index (κ3) is 5.10. The van der Waals surface area contributed by atoms with Gasteiger partial charge in [0.15, 0.2) is 5.78 Å². The van der Waals surface area contributed by atoms with Crippen LogP contribution in [0.5, 0.6) is 0 Å². The Balaban J connectivity index is 1.63. The minimum Gasteiger partial charge on any atom is -0.310 e. The number of hydrogen-bond acceptors (Lipinski definition) is 4. The maximum absolute atomic E-state index is 13.2. The molecule has 2 aromatic rings. The Morgan fingerprint density at radius 1 is 1.07 bits per heavy atom. The number of carbonyl (C=O) groups is 2. The molecule has 5 heteroatoms. The third-order valence-electron chi connectivity index (χ3n) is 5.64.